The van der Waals surface area contributed by atoms with E-state index in [2.05, 4.69) is 20.1 Å². The molecule has 0 spiro atoms. The molecule has 4 N–H and O–H groups in total. The third-order valence-electron chi connectivity index (χ3n) is 7.42. The Morgan fingerprint density at radius 2 is 1.38 bits per heavy atom. The number of hydrogen-bond acceptors (Lipinski definition) is 4. The average Bonchev–Trinajstić information content (AvgIpc) is 2.82. The molecule has 196 valence electrons. The predicted octanol–water partition coefficient (Wildman–Crippen LogP) is 8.13. The summed E-state index contributed by atoms with van der Waals surface area (Å²) >= 11 is 0. The molecule has 1 aliphatic rings. The van der Waals surface area contributed by atoms with E-state index < -0.39 is 0 Å². The maximum Gasteiger partial charge on any atom is 0.122 e. The number of aromatic hydroxyl groups is 2. The van der Waals surface area contributed by atoms with E-state index in [1.807, 2.05) is 52.8 Å². The summed E-state index contributed by atoms with van der Waals surface area (Å²) in [6, 6.07) is 4.03. The summed E-state index contributed by atoms with van der Waals surface area (Å²) in [6.07, 6.45) is 6.74. The van der Waals surface area contributed by atoms with E-state index in [0.717, 1.165) is 62.1 Å². The third-order valence-corrected chi connectivity index (χ3v) is 7.42. The predicted molar refractivity (Wildman–Crippen MR) is 153 cm³/mol. The van der Waals surface area contributed by atoms with E-state index in [0.29, 0.717) is 37.0 Å². The van der Waals surface area contributed by atoms with E-state index in [9.17, 15) is 20.4 Å². The monoisotopic (exact) mass is 500 g/mol. The molecule has 0 bridgehead atoms. The van der Waals surface area contributed by atoms with Gasteiger partial charge in [-0.25, -0.2) is 0 Å². The number of allylic oxidation sites excluding steroid dienone is 7. The molecule has 37 heavy (non-hydrogen) atoms. The van der Waals surface area contributed by atoms with E-state index in [-0.39, 0.29) is 17.3 Å². The van der Waals surface area contributed by atoms with E-state index >= 15 is 0 Å². The molecule has 0 aromatic heterocycles. The Morgan fingerprint density at radius 1 is 0.838 bits per heavy atom. The van der Waals surface area contributed by atoms with Crippen molar-refractivity contribution in [3.8, 4) is 11.5 Å². The van der Waals surface area contributed by atoms with Gasteiger partial charge in [0.15, 0.2) is 0 Å². The van der Waals surface area contributed by atoms with Crippen molar-refractivity contribution in [1.82, 2.24) is 0 Å². The van der Waals surface area contributed by atoms with Gasteiger partial charge in [-0.15, -0.1) is 0 Å². The maximum atomic E-state index is 11.0. The van der Waals surface area contributed by atoms with Crippen molar-refractivity contribution < 1.29 is 20.4 Å². The van der Waals surface area contributed by atoms with Crippen LogP contribution in [0, 0.1) is 27.7 Å². The highest BCUT2D eigenvalue weighted by Gasteiger charge is 2.20. The summed E-state index contributed by atoms with van der Waals surface area (Å²) < 4.78 is 0. The number of hydrogen-bond donors (Lipinski definition) is 4. The fourth-order valence-corrected chi connectivity index (χ4v) is 5.10. The smallest absolute Gasteiger partial charge is 0.122 e. The Bertz CT molecular complexity index is 1370. The standard InChI is InChI=1S/C33H40O4/c1-18(2)11-27(24(8)34)16-29-22(6)25(13-20(4)32(29)36)15-26-14-21(5)33(37)30(23(26)7)17-28-12-19(3)9-10-31(28)35/h11-14,34-37H,1,8-10,15-17H2,2-7H3/b27-11-. The van der Waals surface area contributed by atoms with Crippen molar-refractivity contribution >= 4 is 0 Å². The summed E-state index contributed by atoms with van der Waals surface area (Å²) in [5.41, 5.74) is 10.8. The Kier molecular flexibility index (Phi) is 8.42. The Labute approximate surface area is 221 Å². The van der Waals surface area contributed by atoms with Crippen molar-refractivity contribution in [2.45, 2.75) is 73.6 Å². The zero-order valence-electron chi connectivity index (χ0n) is 23.0. The Morgan fingerprint density at radius 3 is 1.92 bits per heavy atom. The highest BCUT2D eigenvalue weighted by Crippen LogP contribution is 2.37. The number of phenols is 2. The number of aliphatic hydroxyl groups excluding tert-OH is 2. The molecule has 0 amide bonds. The number of rotatable bonds is 8. The van der Waals surface area contributed by atoms with Gasteiger partial charge in [-0.1, -0.05) is 48.6 Å². The zero-order chi connectivity index (χ0) is 27.6. The molecule has 0 atom stereocenters. The minimum Gasteiger partial charge on any atom is -0.512 e. The van der Waals surface area contributed by atoms with E-state index in [4.69, 9.17) is 0 Å². The van der Waals surface area contributed by atoms with E-state index in [1.165, 1.54) is 5.57 Å². The largest absolute Gasteiger partial charge is 0.512 e. The van der Waals surface area contributed by atoms with Gasteiger partial charge in [-0.2, -0.15) is 0 Å². The molecule has 0 saturated carbocycles. The number of aliphatic hydroxyl groups is 2. The first-order valence-electron chi connectivity index (χ1n) is 12.7. The lowest BCUT2D eigenvalue weighted by atomic mass is 9.85. The molecule has 0 fully saturated rings. The van der Waals surface area contributed by atoms with Crippen LogP contribution in [0.25, 0.3) is 0 Å². The second-order valence-corrected chi connectivity index (χ2v) is 10.6. The molecule has 2 aromatic rings. The van der Waals surface area contributed by atoms with Crippen LogP contribution < -0.4 is 0 Å². The molecule has 3 rings (SSSR count). The normalized spacial score (nSPS) is 14.1. The minimum absolute atomic E-state index is 0.0379. The summed E-state index contributed by atoms with van der Waals surface area (Å²) in [6.45, 7) is 19.3. The van der Waals surface area contributed by atoms with Crippen molar-refractivity contribution in [2.75, 3.05) is 0 Å². The maximum absolute atomic E-state index is 11.0. The van der Waals surface area contributed by atoms with Crippen LogP contribution in [0.15, 0.2) is 71.3 Å². The third kappa shape index (κ3) is 6.19. The molecule has 1 aliphatic carbocycles. The molecular formula is C33H40O4. The number of phenolic OH excluding ortho intramolecular Hbond substituents is 2. The molecule has 4 nitrogen and oxygen atoms in total. The molecule has 0 radical (unpaired) electrons. The fraction of sp³-hybridized carbons (Fsp3) is 0.333. The first kappa shape index (κ1) is 27.9. The molecule has 0 heterocycles. The van der Waals surface area contributed by atoms with E-state index in [1.54, 1.807) is 6.08 Å². The molecule has 0 unspecified atom stereocenters. The molecule has 0 aliphatic heterocycles. The lowest BCUT2D eigenvalue weighted by molar-refractivity contribution is 0.378. The van der Waals surface area contributed by atoms with Crippen LogP contribution in [0.3, 0.4) is 0 Å². The van der Waals surface area contributed by atoms with Crippen LogP contribution in [0.1, 0.15) is 71.2 Å². The quantitative estimate of drug-likeness (QED) is 0.218. The summed E-state index contributed by atoms with van der Waals surface area (Å²) in [5.74, 6) is 0.847. The first-order valence-corrected chi connectivity index (χ1v) is 12.7. The van der Waals surface area contributed by atoms with Crippen LogP contribution in [0.5, 0.6) is 11.5 Å². The summed E-state index contributed by atoms with van der Waals surface area (Å²) in [4.78, 5) is 0. The molecule has 0 saturated heterocycles. The highest BCUT2D eigenvalue weighted by atomic mass is 16.3. The lowest BCUT2D eigenvalue weighted by Crippen LogP contribution is -2.06. The summed E-state index contributed by atoms with van der Waals surface area (Å²) in [5, 5.41) is 42.5. The molecule has 4 heteroatoms. The number of benzene rings is 2. The molecular weight excluding hydrogens is 460 g/mol. The van der Waals surface area contributed by atoms with Gasteiger partial charge in [0, 0.05) is 30.4 Å². The van der Waals surface area contributed by atoms with Gasteiger partial charge in [-0.05, 0) is 98.9 Å². The molecule has 2 aromatic carbocycles. The van der Waals surface area contributed by atoms with Gasteiger partial charge in [-0.3, -0.25) is 0 Å². The first-order chi connectivity index (χ1) is 17.3. The van der Waals surface area contributed by atoms with Crippen LogP contribution in [0.2, 0.25) is 0 Å². The Balaban J connectivity index is 2.07. The topological polar surface area (TPSA) is 80.9 Å². The van der Waals surface area contributed by atoms with Crippen LogP contribution >= 0.6 is 0 Å². The minimum atomic E-state index is -0.0379. The fourth-order valence-electron chi connectivity index (χ4n) is 5.10. The summed E-state index contributed by atoms with van der Waals surface area (Å²) in [7, 11) is 0. The second kappa shape index (κ2) is 11.2. The number of aryl methyl sites for hydroxylation is 2. The second-order valence-electron chi connectivity index (χ2n) is 10.6. The Hall–Kier alpha value is -3.66. The average molecular weight is 501 g/mol. The highest BCUT2D eigenvalue weighted by molar-refractivity contribution is 5.56. The lowest BCUT2D eigenvalue weighted by Gasteiger charge is -2.21. The van der Waals surface area contributed by atoms with Gasteiger partial charge in [0.2, 0.25) is 0 Å². The van der Waals surface area contributed by atoms with Crippen molar-refractivity contribution in [3.63, 3.8) is 0 Å². The van der Waals surface area contributed by atoms with Crippen LogP contribution in [-0.2, 0) is 19.3 Å². The van der Waals surface area contributed by atoms with Gasteiger partial charge in [0.05, 0.1) is 5.76 Å². The zero-order valence-corrected chi connectivity index (χ0v) is 23.0. The van der Waals surface area contributed by atoms with Crippen molar-refractivity contribution in [2.24, 2.45) is 0 Å². The SMILES string of the molecule is C=C(C)/C=C(/Cc1c(C)c(Cc2cc(C)c(O)c(CC3=C(O)CCC(C)=C3)c2C)cc(C)c1O)C(=C)O. The van der Waals surface area contributed by atoms with Gasteiger partial charge in [0.1, 0.15) is 17.3 Å². The van der Waals surface area contributed by atoms with Gasteiger partial charge in [0.25, 0.3) is 0 Å². The van der Waals surface area contributed by atoms with Gasteiger partial charge >= 0.3 is 0 Å². The van der Waals surface area contributed by atoms with Crippen LogP contribution in [0.4, 0.5) is 0 Å². The van der Waals surface area contributed by atoms with Crippen molar-refractivity contribution in [3.05, 3.63) is 116 Å². The van der Waals surface area contributed by atoms with Gasteiger partial charge < -0.3 is 20.4 Å². The van der Waals surface area contributed by atoms with Crippen molar-refractivity contribution in [1.29, 1.82) is 0 Å². The van der Waals surface area contributed by atoms with Crippen LogP contribution in [-0.4, -0.2) is 20.4 Å².